The Labute approximate surface area is 60.1 Å². The Morgan fingerprint density at radius 1 is 1.60 bits per heavy atom. The van der Waals surface area contributed by atoms with Crippen molar-refractivity contribution in [3.05, 3.63) is 34.2 Å². The van der Waals surface area contributed by atoms with E-state index in [9.17, 15) is 4.79 Å². The van der Waals surface area contributed by atoms with Crippen LogP contribution in [-0.2, 0) is 13.5 Å². The first-order valence-electron chi connectivity index (χ1n) is 3.39. The fraction of sp³-hybridized carbons (Fsp3) is 0.375. The van der Waals surface area contributed by atoms with E-state index in [2.05, 4.69) is 0 Å². The smallest absolute Gasteiger partial charge is 0.184 e. The van der Waals surface area contributed by atoms with Crippen molar-refractivity contribution >= 4 is 0 Å². The molecule has 0 bridgehead atoms. The van der Waals surface area contributed by atoms with E-state index >= 15 is 0 Å². The van der Waals surface area contributed by atoms with Gasteiger partial charge < -0.3 is 4.57 Å². The van der Waals surface area contributed by atoms with E-state index in [1.54, 1.807) is 12.3 Å². The van der Waals surface area contributed by atoms with Crippen LogP contribution in [0.2, 0.25) is 0 Å². The zero-order valence-corrected chi connectivity index (χ0v) is 6.29. The molecule has 0 atom stereocenters. The molecular formula is C8H11NO. The third-order valence-electron chi connectivity index (χ3n) is 1.52. The van der Waals surface area contributed by atoms with Gasteiger partial charge in [-0.05, 0) is 6.42 Å². The first-order chi connectivity index (χ1) is 4.74. The van der Waals surface area contributed by atoms with Crippen LogP contribution in [0.1, 0.15) is 12.5 Å². The SMILES string of the molecule is CCc1cn(C)ccc1=O. The first kappa shape index (κ1) is 7.06. The molecule has 0 aliphatic rings. The monoisotopic (exact) mass is 137 g/mol. The molecule has 2 nitrogen and oxygen atoms in total. The third-order valence-corrected chi connectivity index (χ3v) is 1.52. The van der Waals surface area contributed by atoms with E-state index in [1.807, 2.05) is 24.7 Å². The Hall–Kier alpha value is -1.05. The minimum atomic E-state index is 0.139. The maximum atomic E-state index is 11.0. The van der Waals surface area contributed by atoms with Crippen LogP contribution in [-0.4, -0.2) is 4.57 Å². The van der Waals surface area contributed by atoms with Crippen LogP contribution in [0.25, 0.3) is 0 Å². The largest absolute Gasteiger partial charge is 0.357 e. The van der Waals surface area contributed by atoms with E-state index in [0.29, 0.717) is 0 Å². The Morgan fingerprint density at radius 3 is 2.80 bits per heavy atom. The molecule has 0 radical (unpaired) electrons. The van der Waals surface area contributed by atoms with Gasteiger partial charge in [0.25, 0.3) is 0 Å². The lowest BCUT2D eigenvalue weighted by molar-refractivity contribution is 0.874. The summed E-state index contributed by atoms with van der Waals surface area (Å²) >= 11 is 0. The molecule has 0 N–H and O–H groups in total. The Balaban J connectivity index is 3.22. The van der Waals surface area contributed by atoms with E-state index in [1.165, 1.54) is 0 Å². The van der Waals surface area contributed by atoms with Crippen molar-refractivity contribution in [2.75, 3.05) is 0 Å². The van der Waals surface area contributed by atoms with Gasteiger partial charge in [0.1, 0.15) is 0 Å². The van der Waals surface area contributed by atoms with E-state index in [4.69, 9.17) is 0 Å². The van der Waals surface area contributed by atoms with Crippen molar-refractivity contribution in [3.8, 4) is 0 Å². The molecule has 54 valence electrons. The van der Waals surface area contributed by atoms with Gasteiger partial charge in [-0.3, -0.25) is 4.79 Å². The van der Waals surface area contributed by atoms with Crippen molar-refractivity contribution in [3.63, 3.8) is 0 Å². The molecule has 1 aromatic heterocycles. The quantitative estimate of drug-likeness (QED) is 0.564. The summed E-state index contributed by atoms with van der Waals surface area (Å²) in [5.74, 6) is 0. The highest BCUT2D eigenvalue weighted by molar-refractivity contribution is 5.09. The van der Waals surface area contributed by atoms with Gasteiger partial charge in [-0.15, -0.1) is 0 Å². The second-order valence-corrected chi connectivity index (χ2v) is 2.35. The lowest BCUT2D eigenvalue weighted by Crippen LogP contribution is -2.08. The van der Waals surface area contributed by atoms with Gasteiger partial charge >= 0.3 is 0 Å². The lowest BCUT2D eigenvalue weighted by atomic mass is 10.2. The number of pyridine rings is 1. The van der Waals surface area contributed by atoms with Crippen LogP contribution >= 0.6 is 0 Å². The average Bonchev–Trinajstić information content (AvgIpc) is 1.94. The number of rotatable bonds is 1. The normalized spacial score (nSPS) is 9.80. The first-order valence-corrected chi connectivity index (χ1v) is 3.39. The summed E-state index contributed by atoms with van der Waals surface area (Å²) in [6.07, 6.45) is 4.44. The molecule has 10 heavy (non-hydrogen) atoms. The molecule has 0 aromatic carbocycles. The number of aryl methyl sites for hydroxylation is 2. The fourth-order valence-electron chi connectivity index (χ4n) is 0.910. The van der Waals surface area contributed by atoms with Crippen molar-refractivity contribution in [2.45, 2.75) is 13.3 Å². The predicted octanol–water partition coefficient (Wildman–Crippen LogP) is 0.948. The molecular weight excluding hydrogens is 126 g/mol. The van der Waals surface area contributed by atoms with Gasteiger partial charge in [0, 0.05) is 31.1 Å². The van der Waals surface area contributed by atoms with Crippen molar-refractivity contribution < 1.29 is 0 Å². The summed E-state index contributed by atoms with van der Waals surface area (Å²) < 4.78 is 1.89. The van der Waals surface area contributed by atoms with Crippen molar-refractivity contribution in [1.82, 2.24) is 4.57 Å². The fourth-order valence-corrected chi connectivity index (χ4v) is 0.910. The topological polar surface area (TPSA) is 22.0 Å². The lowest BCUT2D eigenvalue weighted by Gasteiger charge is -1.98. The van der Waals surface area contributed by atoms with E-state index in [-0.39, 0.29) is 5.43 Å². The molecule has 0 saturated heterocycles. The minimum absolute atomic E-state index is 0.139. The summed E-state index contributed by atoms with van der Waals surface area (Å²) in [4.78, 5) is 11.0. The van der Waals surface area contributed by atoms with Crippen LogP contribution in [0, 0.1) is 0 Å². The molecule has 2 heteroatoms. The minimum Gasteiger partial charge on any atom is -0.357 e. The Kier molecular flexibility index (Phi) is 1.90. The molecule has 0 amide bonds. The summed E-state index contributed by atoms with van der Waals surface area (Å²) in [6.45, 7) is 1.98. The second kappa shape index (κ2) is 2.69. The van der Waals surface area contributed by atoms with Gasteiger partial charge in [-0.1, -0.05) is 6.92 Å². The summed E-state index contributed by atoms with van der Waals surface area (Å²) in [5.41, 5.74) is 1.02. The maximum Gasteiger partial charge on any atom is 0.184 e. The highest BCUT2D eigenvalue weighted by Gasteiger charge is 1.93. The number of hydrogen-bond acceptors (Lipinski definition) is 1. The zero-order valence-electron chi connectivity index (χ0n) is 6.29. The molecule has 0 fully saturated rings. The summed E-state index contributed by atoms with van der Waals surface area (Å²) in [5, 5.41) is 0. The van der Waals surface area contributed by atoms with Gasteiger partial charge in [0.05, 0.1) is 0 Å². The van der Waals surface area contributed by atoms with Gasteiger partial charge in [0.2, 0.25) is 0 Å². The number of aromatic nitrogens is 1. The highest BCUT2D eigenvalue weighted by atomic mass is 16.1. The van der Waals surface area contributed by atoms with Crippen LogP contribution < -0.4 is 5.43 Å². The van der Waals surface area contributed by atoms with Crippen LogP contribution in [0.4, 0.5) is 0 Å². The molecule has 1 rings (SSSR count). The number of hydrogen-bond donors (Lipinski definition) is 0. The molecule has 1 heterocycles. The standard InChI is InChI=1S/C8H11NO/c1-3-7-6-9(2)5-4-8(7)10/h4-6H,3H2,1-2H3. The number of nitrogens with zero attached hydrogens (tertiary/aromatic N) is 1. The highest BCUT2D eigenvalue weighted by Crippen LogP contribution is 1.89. The average molecular weight is 137 g/mol. The predicted molar refractivity (Wildman–Crippen MR) is 41.1 cm³/mol. The maximum absolute atomic E-state index is 11.0. The van der Waals surface area contributed by atoms with E-state index in [0.717, 1.165) is 12.0 Å². The molecule has 0 unspecified atom stereocenters. The summed E-state index contributed by atoms with van der Waals surface area (Å²) in [7, 11) is 1.92. The zero-order chi connectivity index (χ0) is 7.56. The summed E-state index contributed by atoms with van der Waals surface area (Å²) in [6, 6.07) is 1.60. The molecule has 0 saturated carbocycles. The molecule has 0 aliphatic heterocycles. The van der Waals surface area contributed by atoms with Gasteiger partial charge in [-0.25, -0.2) is 0 Å². The van der Waals surface area contributed by atoms with E-state index < -0.39 is 0 Å². The van der Waals surface area contributed by atoms with Gasteiger partial charge in [-0.2, -0.15) is 0 Å². The Bertz CT molecular complexity index is 275. The molecule has 0 spiro atoms. The van der Waals surface area contributed by atoms with Crippen LogP contribution in [0.3, 0.4) is 0 Å². The van der Waals surface area contributed by atoms with Crippen molar-refractivity contribution in [2.24, 2.45) is 7.05 Å². The third kappa shape index (κ3) is 1.26. The van der Waals surface area contributed by atoms with Crippen LogP contribution in [0.15, 0.2) is 23.3 Å². The Morgan fingerprint density at radius 2 is 2.30 bits per heavy atom. The second-order valence-electron chi connectivity index (χ2n) is 2.35. The van der Waals surface area contributed by atoms with Crippen molar-refractivity contribution in [1.29, 1.82) is 0 Å². The van der Waals surface area contributed by atoms with Gasteiger partial charge in [0.15, 0.2) is 5.43 Å². The molecule has 1 aromatic rings. The van der Waals surface area contributed by atoms with Crippen LogP contribution in [0.5, 0.6) is 0 Å². The molecule has 0 aliphatic carbocycles.